The molecular formula is C10H21NO2. The second-order valence-electron chi connectivity index (χ2n) is 3.74. The van der Waals surface area contributed by atoms with Crippen molar-refractivity contribution in [2.24, 2.45) is 5.92 Å². The normalized spacial score (nSPS) is 13.2. The van der Waals surface area contributed by atoms with E-state index < -0.39 is 5.97 Å². The highest BCUT2D eigenvalue weighted by Crippen LogP contribution is 2.12. The lowest BCUT2D eigenvalue weighted by atomic mass is 9.99. The van der Waals surface area contributed by atoms with E-state index in [1.54, 1.807) is 0 Å². The molecule has 0 rings (SSSR count). The van der Waals surface area contributed by atoms with E-state index in [-0.39, 0.29) is 5.92 Å². The van der Waals surface area contributed by atoms with Crippen LogP contribution in [0.4, 0.5) is 0 Å². The van der Waals surface area contributed by atoms with E-state index in [0.29, 0.717) is 0 Å². The maximum Gasteiger partial charge on any atom is 0.306 e. The molecule has 0 saturated heterocycles. The summed E-state index contributed by atoms with van der Waals surface area (Å²) in [6.45, 7) is 2.99. The van der Waals surface area contributed by atoms with Gasteiger partial charge < -0.3 is 10.0 Å². The number of unbranched alkanes of at least 4 members (excludes halogenated alkanes) is 1. The molecule has 1 unspecified atom stereocenters. The molecule has 0 aliphatic rings. The average Bonchev–Trinajstić information content (AvgIpc) is 2.03. The summed E-state index contributed by atoms with van der Waals surface area (Å²) in [6, 6.07) is 0. The Labute approximate surface area is 80.7 Å². The third-order valence-electron chi connectivity index (χ3n) is 2.25. The summed E-state index contributed by atoms with van der Waals surface area (Å²) in [7, 11) is 4.07. The van der Waals surface area contributed by atoms with Crippen molar-refractivity contribution in [3.8, 4) is 0 Å². The van der Waals surface area contributed by atoms with Crippen molar-refractivity contribution in [2.45, 2.75) is 32.6 Å². The molecule has 0 aromatic carbocycles. The van der Waals surface area contributed by atoms with Gasteiger partial charge in [-0.1, -0.05) is 13.3 Å². The highest BCUT2D eigenvalue weighted by Gasteiger charge is 2.13. The van der Waals surface area contributed by atoms with Gasteiger partial charge in [0.1, 0.15) is 0 Å². The Kier molecular flexibility index (Phi) is 6.59. The molecule has 0 aliphatic carbocycles. The minimum Gasteiger partial charge on any atom is -0.481 e. The SMILES string of the molecule is CCC(CCCCN(C)C)C(=O)O. The van der Waals surface area contributed by atoms with Crippen LogP contribution in [-0.2, 0) is 4.79 Å². The summed E-state index contributed by atoms with van der Waals surface area (Å²) >= 11 is 0. The van der Waals surface area contributed by atoms with Crippen LogP contribution < -0.4 is 0 Å². The fourth-order valence-electron chi connectivity index (χ4n) is 1.32. The van der Waals surface area contributed by atoms with Crippen molar-refractivity contribution in [1.82, 2.24) is 4.90 Å². The van der Waals surface area contributed by atoms with Crippen LogP contribution in [0.5, 0.6) is 0 Å². The van der Waals surface area contributed by atoms with Crippen molar-refractivity contribution < 1.29 is 9.90 Å². The molecule has 0 spiro atoms. The Balaban J connectivity index is 3.44. The molecule has 0 aromatic rings. The lowest BCUT2D eigenvalue weighted by molar-refractivity contribution is -0.142. The summed E-state index contributed by atoms with van der Waals surface area (Å²) in [5.41, 5.74) is 0. The summed E-state index contributed by atoms with van der Waals surface area (Å²) in [4.78, 5) is 12.8. The minimum absolute atomic E-state index is 0.137. The molecule has 0 aliphatic heterocycles. The van der Waals surface area contributed by atoms with Gasteiger partial charge in [-0.3, -0.25) is 4.79 Å². The Hall–Kier alpha value is -0.570. The van der Waals surface area contributed by atoms with E-state index in [9.17, 15) is 4.79 Å². The number of aliphatic carboxylic acids is 1. The summed E-state index contributed by atoms with van der Waals surface area (Å²) < 4.78 is 0. The van der Waals surface area contributed by atoms with Crippen LogP contribution in [0.2, 0.25) is 0 Å². The average molecular weight is 187 g/mol. The van der Waals surface area contributed by atoms with Crippen LogP contribution in [0.15, 0.2) is 0 Å². The van der Waals surface area contributed by atoms with Crippen molar-refractivity contribution in [2.75, 3.05) is 20.6 Å². The van der Waals surface area contributed by atoms with Crippen molar-refractivity contribution in [3.63, 3.8) is 0 Å². The predicted octanol–water partition coefficient (Wildman–Crippen LogP) is 1.83. The number of carbonyl (C=O) groups is 1. The molecule has 0 fully saturated rings. The maximum atomic E-state index is 10.6. The molecular weight excluding hydrogens is 166 g/mol. The number of hydrogen-bond donors (Lipinski definition) is 1. The standard InChI is InChI=1S/C10H21NO2/c1-4-9(10(12)13)7-5-6-8-11(2)3/h9H,4-8H2,1-3H3,(H,12,13). The van der Waals surface area contributed by atoms with Crippen LogP contribution in [0.1, 0.15) is 32.6 Å². The van der Waals surface area contributed by atoms with Gasteiger partial charge in [0, 0.05) is 0 Å². The number of nitrogens with zero attached hydrogens (tertiary/aromatic N) is 1. The predicted molar refractivity (Wildman–Crippen MR) is 53.8 cm³/mol. The first-order chi connectivity index (χ1) is 6.07. The number of rotatable bonds is 7. The zero-order chi connectivity index (χ0) is 10.3. The van der Waals surface area contributed by atoms with E-state index in [1.807, 2.05) is 21.0 Å². The van der Waals surface area contributed by atoms with Crippen molar-refractivity contribution in [3.05, 3.63) is 0 Å². The fraction of sp³-hybridized carbons (Fsp3) is 0.900. The molecule has 0 amide bonds. The van der Waals surface area contributed by atoms with Gasteiger partial charge in [0.05, 0.1) is 5.92 Å². The largest absolute Gasteiger partial charge is 0.481 e. The third-order valence-corrected chi connectivity index (χ3v) is 2.25. The van der Waals surface area contributed by atoms with Gasteiger partial charge in [-0.05, 0) is 39.9 Å². The molecule has 0 saturated carbocycles. The second kappa shape index (κ2) is 6.89. The Morgan fingerprint density at radius 3 is 2.38 bits per heavy atom. The molecule has 13 heavy (non-hydrogen) atoms. The quantitative estimate of drug-likeness (QED) is 0.618. The Morgan fingerprint density at radius 1 is 1.38 bits per heavy atom. The van der Waals surface area contributed by atoms with Gasteiger partial charge in [0.25, 0.3) is 0 Å². The van der Waals surface area contributed by atoms with Gasteiger partial charge in [0.15, 0.2) is 0 Å². The number of hydrogen-bond acceptors (Lipinski definition) is 2. The number of carboxylic acids is 1. The van der Waals surface area contributed by atoms with Crippen molar-refractivity contribution >= 4 is 5.97 Å². The Morgan fingerprint density at radius 2 is 2.00 bits per heavy atom. The van der Waals surface area contributed by atoms with Crippen LogP contribution in [-0.4, -0.2) is 36.6 Å². The number of carboxylic acid groups (broad SMARTS) is 1. The molecule has 3 heteroatoms. The van der Waals surface area contributed by atoms with Crippen LogP contribution in [0.3, 0.4) is 0 Å². The molecule has 78 valence electrons. The Bertz CT molecular complexity index is 146. The molecule has 1 N–H and O–H groups in total. The van der Waals surface area contributed by atoms with Crippen molar-refractivity contribution in [1.29, 1.82) is 0 Å². The summed E-state index contributed by atoms with van der Waals surface area (Å²) in [6.07, 6.45) is 3.68. The zero-order valence-electron chi connectivity index (χ0n) is 8.92. The zero-order valence-corrected chi connectivity index (χ0v) is 8.92. The second-order valence-corrected chi connectivity index (χ2v) is 3.74. The van der Waals surface area contributed by atoms with Crippen LogP contribution >= 0.6 is 0 Å². The van der Waals surface area contributed by atoms with E-state index in [1.165, 1.54) is 0 Å². The highest BCUT2D eigenvalue weighted by atomic mass is 16.4. The van der Waals surface area contributed by atoms with Gasteiger partial charge in [-0.25, -0.2) is 0 Å². The lowest BCUT2D eigenvalue weighted by Gasteiger charge is -2.11. The fourth-order valence-corrected chi connectivity index (χ4v) is 1.32. The topological polar surface area (TPSA) is 40.5 Å². The van der Waals surface area contributed by atoms with Gasteiger partial charge in [-0.2, -0.15) is 0 Å². The molecule has 3 nitrogen and oxygen atoms in total. The first-order valence-corrected chi connectivity index (χ1v) is 4.95. The molecule has 0 radical (unpaired) electrons. The first kappa shape index (κ1) is 12.4. The summed E-state index contributed by atoms with van der Waals surface area (Å²) in [5.74, 6) is -0.783. The van der Waals surface area contributed by atoms with E-state index in [4.69, 9.17) is 5.11 Å². The highest BCUT2D eigenvalue weighted by molar-refractivity contribution is 5.69. The van der Waals surface area contributed by atoms with Gasteiger partial charge in [-0.15, -0.1) is 0 Å². The molecule has 1 atom stereocenters. The molecule has 0 aromatic heterocycles. The van der Waals surface area contributed by atoms with Gasteiger partial charge >= 0.3 is 5.97 Å². The molecule has 0 heterocycles. The van der Waals surface area contributed by atoms with Crippen LogP contribution in [0, 0.1) is 5.92 Å². The third kappa shape index (κ3) is 6.58. The minimum atomic E-state index is -0.646. The summed E-state index contributed by atoms with van der Waals surface area (Å²) in [5, 5.41) is 8.77. The first-order valence-electron chi connectivity index (χ1n) is 4.95. The smallest absolute Gasteiger partial charge is 0.306 e. The van der Waals surface area contributed by atoms with E-state index >= 15 is 0 Å². The molecule has 0 bridgehead atoms. The maximum absolute atomic E-state index is 10.6. The lowest BCUT2D eigenvalue weighted by Crippen LogP contribution is -2.15. The monoisotopic (exact) mass is 187 g/mol. The van der Waals surface area contributed by atoms with Gasteiger partial charge in [0.2, 0.25) is 0 Å². The van der Waals surface area contributed by atoms with E-state index in [2.05, 4.69) is 4.90 Å². The van der Waals surface area contributed by atoms with Crippen LogP contribution in [0.25, 0.3) is 0 Å². The van der Waals surface area contributed by atoms with E-state index in [0.717, 1.165) is 32.2 Å².